The SMILES string of the molecule is Cc1ccc(NC(=O)[C@H](C)N2C(=O)c3cc(Cl)c(Cl)cc3C2=O)cc1C. The highest BCUT2D eigenvalue weighted by atomic mass is 35.5. The van der Waals surface area contributed by atoms with E-state index in [0.29, 0.717) is 5.69 Å². The molecule has 1 N–H and O–H groups in total. The van der Waals surface area contributed by atoms with Gasteiger partial charge in [-0.2, -0.15) is 0 Å². The highest BCUT2D eigenvalue weighted by molar-refractivity contribution is 6.43. The normalized spacial score (nSPS) is 14.4. The number of hydrogen-bond acceptors (Lipinski definition) is 3. The van der Waals surface area contributed by atoms with Crippen LogP contribution in [-0.2, 0) is 4.79 Å². The maximum Gasteiger partial charge on any atom is 0.262 e. The number of carbonyl (C=O) groups excluding carboxylic acids is 3. The fraction of sp³-hybridized carbons (Fsp3) is 0.211. The minimum Gasteiger partial charge on any atom is -0.324 e. The maximum absolute atomic E-state index is 12.6. The molecule has 0 spiro atoms. The zero-order chi connectivity index (χ0) is 19.2. The molecule has 2 aromatic rings. The molecular formula is C19H16Cl2N2O3. The molecule has 5 nitrogen and oxygen atoms in total. The molecule has 0 saturated carbocycles. The molecule has 1 heterocycles. The first-order valence-electron chi connectivity index (χ1n) is 7.95. The van der Waals surface area contributed by atoms with E-state index >= 15 is 0 Å². The van der Waals surface area contributed by atoms with E-state index in [9.17, 15) is 14.4 Å². The summed E-state index contributed by atoms with van der Waals surface area (Å²) in [4.78, 5) is 38.7. The number of halogens is 2. The van der Waals surface area contributed by atoms with Crippen molar-refractivity contribution in [2.24, 2.45) is 0 Å². The number of fused-ring (bicyclic) bond motifs is 1. The highest BCUT2D eigenvalue weighted by Crippen LogP contribution is 2.32. The first-order valence-corrected chi connectivity index (χ1v) is 8.71. The summed E-state index contributed by atoms with van der Waals surface area (Å²) in [7, 11) is 0. The van der Waals surface area contributed by atoms with Gasteiger partial charge in [-0.3, -0.25) is 19.3 Å². The average molecular weight is 391 g/mol. The molecule has 0 saturated heterocycles. The molecule has 1 aliphatic rings. The van der Waals surface area contributed by atoms with E-state index < -0.39 is 23.8 Å². The first-order chi connectivity index (χ1) is 12.2. The molecule has 3 rings (SSSR count). The first kappa shape index (κ1) is 18.4. The molecule has 0 aromatic heterocycles. The Morgan fingerprint density at radius 1 is 0.962 bits per heavy atom. The van der Waals surface area contributed by atoms with Crippen molar-refractivity contribution in [1.82, 2.24) is 4.90 Å². The van der Waals surface area contributed by atoms with E-state index in [1.807, 2.05) is 26.0 Å². The van der Waals surface area contributed by atoms with Gasteiger partial charge in [0.25, 0.3) is 11.8 Å². The minimum atomic E-state index is -0.985. The van der Waals surface area contributed by atoms with Gasteiger partial charge in [-0.1, -0.05) is 29.3 Å². The van der Waals surface area contributed by atoms with Gasteiger partial charge in [0.05, 0.1) is 21.2 Å². The monoisotopic (exact) mass is 390 g/mol. The van der Waals surface area contributed by atoms with Crippen molar-refractivity contribution in [2.75, 3.05) is 5.32 Å². The molecule has 2 aromatic carbocycles. The number of hydrogen-bond donors (Lipinski definition) is 1. The van der Waals surface area contributed by atoms with Crippen LogP contribution >= 0.6 is 23.2 Å². The van der Waals surface area contributed by atoms with Crippen LogP contribution < -0.4 is 5.32 Å². The fourth-order valence-corrected chi connectivity index (χ4v) is 3.11. The molecule has 0 aliphatic carbocycles. The predicted molar refractivity (Wildman–Crippen MR) is 101 cm³/mol. The van der Waals surface area contributed by atoms with Gasteiger partial charge in [-0.05, 0) is 56.2 Å². The van der Waals surface area contributed by atoms with Crippen LogP contribution in [0.5, 0.6) is 0 Å². The van der Waals surface area contributed by atoms with Crippen LogP contribution in [0.4, 0.5) is 5.69 Å². The smallest absolute Gasteiger partial charge is 0.262 e. The number of rotatable bonds is 3. The van der Waals surface area contributed by atoms with E-state index in [2.05, 4.69) is 5.32 Å². The van der Waals surface area contributed by atoms with Gasteiger partial charge in [0.2, 0.25) is 5.91 Å². The Hall–Kier alpha value is -2.37. The Morgan fingerprint density at radius 3 is 2.00 bits per heavy atom. The van der Waals surface area contributed by atoms with Crippen LogP contribution in [0.1, 0.15) is 38.8 Å². The van der Waals surface area contributed by atoms with Gasteiger partial charge in [-0.25, -0.2) is 0 Å². The summed E-state index contributed by atoms with van der Waals surface area (Å²) in [6, 6.07) is 7.22. The fourth-order valence-electron chi connectivity index (χ4n) is 2.79. The summed E-state index contributed by atoms with van der Waals surface area (Å²) in [6.45, 7) is 5.41. The summed E-state index contributed by atoms with van der Waals surface area (Å²) < 4.78 is 0. The van der Waals surface area contributed by atoms with Gasteiger partial charge in [0, 0.05) is 5.69 Å². The standard InChI is InChI=1S/C19H16Cl2N2O3/c1-9-4-5-12(6-10(9)2)22-17(24)11(3)23-18(25)13-7-15(20)16(21)8-14(13)19(23)26/h4-8,11H,1-3H3,(H,22,24)/t11-/m0/s1. The number of anilines is 1. The van der Waals surface area contributed by atoms with Gasteiger partial charge >= 0.3 is 0 Å². The largest absolute Gasteiger partial charge is 0.324 e. The van der Waals surface area contributed by atoms with Gasteiger partial charge in [0.15, 0.2) is 0 Å². The van der Waals surface area contributed by atoms with Crippen molar-refractivity contribution in [1.29, 1.82) is 0 Å². The third-order valence-electron chi connectivity index (χ3n) is 4.50. The summed E-state index contributed by atoms with van der Waals surface area (Å²) in [5, 5.41) is 3.10. The third-order valence-corrected chi connectivity index (χ3v) is 5.22. The Kier molecular flexibility index (Phi) is 4.78. The molecule has 0 unspecified atom stereocenters. The lowest BCUT2D eigenvalue weighted by Gasteiger charge is -2.21. The van der Waals surface area contributed by atoms with Crippen molar-refractivity contribution in [3.05, 3.63) is 62.6 Å². The number of nitrogens with zero attached hydrogens (tertiary/aromatic N) is 1. The molecule has 7 heteroatoms. The van der Waals surface area contributed by atoms with E-state index in [1.54, 1.807) is 6.07 Å². The van der Waals surface area contributed by atoms with Crippen molar-refractivity contribution in [3.8, 4) is 0 Å². The number of aryl methyl sites for hydroxylation is 2. The second-order valence-electron chi connectivity index (χ2n) is 6.26. The number of benzene rings is 2. The van der Waals surface area contributed by atoms with Gasteiger partial charge < -0.3 is 5.32 Å². The highest BCUT2D eigenvalue weighted by Gasteiger charge is 2.41. The Balaban J connectivity index is 1.84. The van der Waals surface area contributed by atoms with Crippen molar-refractivity contribution < 1.29 is 14.4 Å². The number of carbonyl (C=O) groups is 3. The predicted octanol–water partition coefficient (Wildman–Crippen LogP) is 4.23. The molecule has 1 atom stereocenters. The maximum atomic E-state index is 12.6. The zero-order valence-electron chi connectivity index (χ0n) is 14.4. The van der Waals surface area contributed by atoms with E-state index in [-0.39, 0.29) is 21.2 Å². The molecular weight excluding hydrogens is 375 g/mol. The lowest BCUT2D eigenvalue weighted by molar-refractivity contribution is -0.119. The summed E-state index contributed by atoms with van der Waals surface area (Å²) >= 11 is 11.9. The van der Waals surface area contributed by atoms with Crippen LogP contribution in [0.2, 0.25) is 10.0 Å². The Labute approximate surface area is 160 Å². The lowest BCUT2D eigenvalue weighted by atomic mass is 10.1. The van der Waals surface area contributed by atoms with E-state index in [4.69, 9.17) is 23.2 Å². The van der Waals surface area contributed by atoms with Crippen LogP contribution in [-0.4, -0.2) is 28.7 Å². The second kappa shape index (κ2) is 6.74. The summed E-state index contributed by atoms with van der Waals surface area (Å²) in [5.41, 5.74) is 3.03. The molecule has 1 aliphatic heterocycles. The summed E-state index contributed by atoms with van der Waals surface area (Å²) in [5.74, 6) is -1.59. The molecule has 0 fully saturated rings. The van der Waals surface area contributed by atoms with Gasteiger partial charge in [-0.15, -0.1) is 0 Å². The van der Waals surface area contributed by atoms with E-state index in [1.165, 1.54) is 19.1 Å². The van der Waals surface area contributed by atoms with E-state index in [0.717, 1.165) is 16.0 Å². The Bertz CT molecular complexity index is 915. The lowest BCUT2D eigenvalue weighted by Crippen LogP contribution is -2.45. The minimum absolute atomic E-state index is 0.148. The van der Waals surface area contributed by atoms with Crippen LogP contribution in [0.15, 0.2) is 30.3 Å². The Morgan fingerprint density at radius 2 is 1.50 bits per heavy atom. The number of nitrogens with one attached hydrogen (secondary N) is 1. The zero-order valence-corrected chi connectivity index (χ0v) is 15.9. The second-order valence-corrected chi connectivity index (χ2v) is 7.07. The third kappa shape index (κ3) is 3.08. The van der Waals surface area contributed by atoms with Crippen molar-refractivity contribution in [3.63, 3.8) is 0 Å². The van der Waals surface area contributed by atoms with Crippen molar-refractivity contribution >= 4 is 46.6 Å². The topological polar surface area (TPSA) is 66.5 Å². The molecule has 134 valence electrons. The van der Waals surface area contributed by atoms with Crippen LogP contribution in [0.3, 0.4) is 0 Å². The molecule has 3 amide bonds. The molecule has 26 heavy (non-hydrogen) atoms. The van der Waals surface area contributed by atoms with Crippen LogP contribution in [0, 0.1) is 13.8 Å². The molecule has 0 radical (unpaired) electrons. The average Bonchev–Trinajstić information content (AvgIpc) is 2.82. The van der Waals surface area contributed by atoms with Crippen LogP contribution in [0.25, 0.3) is 0 Å². The number of imide groups is 1. The van der Waals surface area contributed by atoms with Gasteiger partial charge in [0.1, 0.15) is 6.04 Å². The quantitative estimate of drug-likeness (QED) is 0.797. The number of amides is 3. The molecule has 0 bridgehead atoms. The van der Waals surface area contributed by atoms with Crippen molar-refractivity contribution in [2.45, 2.75) is 26.8 Å². The summed E-state index contributed by atoms with van der Waals surface area (Å²) in [6.07, 6.45) is 0.